The number of aryl methyl sites for hydroxylation is 1. The van der Waals surface area contributed by atoms with Crippen molar-refractivity contribution in [3.8, 4) is 0 Å². The molecule has 0 saturated carbocycles. The molecule has 0 saturated heterocycles. The molecular formula is C17H23ClN2O. The van der Waals surface area contributed by atoms with Crippen LogP contribution in [0.5, 0.6) is 0 Å². The number of hydrogen-bond donors (Lipinski definition) is 1. The molecule has 1 aromatic heterocycles. The number of carbonyl (C=O) groups excluding carboxylic acids is 1. The summed E-state index contributed by atoms with van der Waals surface area (Å²) in [5.41, 5.74) is 3.15. The molecule has 4 heteroatoms. The van der Waals surface area contributed by atoms with Crippen LogP contribution in [0.3, 0.4) is 0 Å². The van der Waals surface area contributed by atoms with Crippen molar-refractivity contribution in [2.45, 2.75) is 40.0 Å². The summed E-state index contributed by atoms with van der Waals surface area (Å²) in [6.45, 7) is 7.88. The van der Waals surface area contributed by atoms with Crippen LogP contribution < -0.4 is 0 Å². The number of amides is 1. The van der Waals surface area contributed by atoms with Crippen molar-refractivity contribution in [2.24, 2.45) is 0 Å². The van der Waals surface area contributed by atoms with E-state index in [0.717, 1.165) is 48.1 Å². The van der Waals surface area contributed by atoms with E-state index < -0.39 is 0 Å². The Balaban J connectivity index is 2.27. The van der Waals surface area contributed by atoms with Gasteiger partial charge in [0.1, 0.15) is 0 Å². The van der Waals surface area contributed by atoms with Gasteiger partial charge in [0.2, 0.25) is 5.91 Å². The molecule has 0 aliphatic heterocycles. The fraction of sp³-hybridized carbons (Fsp3) is 0.471. The van der Waals surface area contributed by atoms with Crippen LogP contribution in [-0.4, -0.2) is 28.9 Å². The van der Waals surface area contributed by atoms with Crippen LogP contribution in [0.4, 0.5) is 0 Å². The molecule has 1 amide bonds. The Morgan fingerprint density at radius 2 is 1.90 bits per heavy atom. The zero-order valence-corrected chi connectivity index (χ0v) is 13.8. The van der Waals surface area contributed by atoms with Gasteiger partial charge >= 0.3 is 0 Å². The number of halogens is 1. The molecule has 21 heavy (non-hydrogen) atoms. The summed E-state index contributed by atoms with van der Waals surface area (Å²) in [6.07, 6.45) is 2.42. The van der Waals surface area contributed by atoms with E-state index in [2.05, 4.69) is 18.8 Å². The molecule has 0 atom stereocenters. The summed E-state index contributed by atoms with van der Waals surface area (Å²) >= 11 is 6.09. The van der Waals surface area contributed by atoms with Crippen molar-refractivity contribution < 1.29 is 4.79 Å². The summed E-state index contributed by atoms with van der Waals surface area (Å²) in [6, 6.07) is 5.77. The minimum atomic E-state index is 0.197. The number of rotatable bonds is 6. The molecule has 1 N–H and O–H groups in total. The van der Waals surface area contributed by atoms with Crippen LogP contribution in [-0.2, 0) is 11.2 Å². The zero-order valence-electron chi connectivity index (χ0n) is 13.0. The average Bonchev–Trinajstić information content (AvgIpc) is 2.75. The van der Waals surface area contributed by atoms with Gasteiger partial charge in [-0.1, -0.05) is 25.4 Å². The predicted molar refractivity (Wildman–Crippen MR) is 88.9 cm³/mol. The number of H-pyrrole nitrogens is 1. The summed E-state index contributed by atoms with van der Waals surface area (Å²) in [5, 5.41) is 1.76. The van der Waals surface area contributed by atoms with Crippen molar-refractivity contribution in [1.29, 1.82) is 0 Å². The first-order valence-corrected chi connectivity index (χ1v) is 7.99. The van der Waals surface area contributed by atoms with E-state index in [4.69, 9.17) is 11.6 Å². The summed E-state index contributed by atoms with van der Waals surface area (Å²) in [7, 11) is 0. The third kappa shape index (κ3) is 3.59. The zero-order chi connectivity index (χ0) is 15.4. The maximum Gasteiger partial charge on any atom is 0.227 e. The van der Waals surface area contributed by atoms with Crippen LogP contribution in [0.25, 0.3) is 10.9 Å². The largest absolute Gasteiger partial charge is 0.358 e. The van der Waals surface area contributed by atoms with E-state index in [1.54, 1.807) is 0 Å². The first-order chi connectivity index (χ1) is 10.1. The maximum atomic E-state index is 12.6. The molecule has 2 rings (SSSR count). The second-order valence-electron chi connectivity index (χ2n) is 5.48. The van der Waals surface area contributed by atoms with E-state index in [-0.39, 0.29) is 5.91 Å². The van der Waals surface area contributed by atoms with Gasteiger partial charge in [-0.15, -0.1) is 0 Å². The molecule has 0 unspecified atom stereocenters. The van der Waals surface area contributed by atoms with Gasteiger partial charge in [-0.25, -0.2) is 0 Å². The SMILES string of the molecule is CCCN(CCC)C(=O)Cc1c(C)[nH]c2ccc(Cl)cc12. The number of hydrogen-bond acceptors (Lipinski definition) is 1. The van der Waals surface area contributed by atoms with Gasteiger partial charge < -0.3 is 9.88 Å². The molecule has 3 nitrogen and oxygen atoms in total. The highest BCUT2D eigenvalue weighted by atomic mass is 35.5. The highest BCUT2D eigenvalue weighted by Crippen LogP contribution is 2.26. The quantitative estimate of drug-likeness (QED) is 0.847. The van der Waals surface area contributed by atoms with E-state index >= 15 is 0 Å². The Morgan fingerprint density at radius 1 is 1.24 bits per heavy atom. The average molecular weight is 307 g/mol. The van der Waals surface area contributed by atoms with E-state index in [9.17, 15) is 4.79 Å². The highest BCUT2D eigenvalue weighted by Gasteiger charge is 2.17. The molecule has 2 aromatic rings. The first-order valence-electron chi connectivity index (χ1n) is 7.61. The maximum absolute atomic E-state index is 12.6. The van der Waals surface area contributed by atoms with Gasteiger partial charge in [-0.3, -0.25) is 4.79 Å². The molecule has 0 aliphatic rings. The summed E-state index contributed by atoms with van der Waals surface area (Å²) in [4.78, 5) is 17.8. The number of nitrogens with one attached hydrogen (secondary N) is 1. The molecule has 1 heterocycles. The van der Waals surface area contributed by atoms with Crippen LogP contribution in [0.2, 0.25) is 5.02 Å². The predicted octanol–water partition coefficient (Wildman–Crippen LogP) is 4.32. The molecular weight excluding hydrogens is 284 g/mol. The number of aromatic nitrogens is 1. The molecule has 114 valence electrons. The van der Waals surface area contributed by atoms with Gasteiger partial charge in [0.15, 0.2) is 0 Å². The Labute approximate surface area is 131 Å². The Kier molecular flexibility index (Phi) is 5.29. The lowest BCUT2D eigenvalue weighted by Crippen LogP contribution is -2.33. The molecule has 0 fully saturated rings. The molecule has 0 spiro atoms. The second kappa shape index (κ2) is 6.99. The Morgan fingerprint density at radius 3 is 2.52 bits per heavy atom. The van der Waals surface area contributed by atoms with E-state index in [1.807, 2.05) is 30.0 Å². The standard InChI is InChI=1S/C17H23ClN2O/c1-4-8-20(9-5-2)17(21)11-14-12(3)19-16-7-6-13(18)10-15(14)16/h6-7,10,19H,4-5,8-9,11H2,1-3H3. The molecule has 1 aromatic carbocycles. The van der Waals surface area contributed by atoms with Crippen LogP contribution in [0.15, 0.2) is 18.2 Å². The third-order valence-electron chi connectivity index (χ3n) is 3.75. The van der Waals surface area contributed by atoms with Crippen molar-refractivity contribution in [2.75, 3.05) is 13.1 Å². The fourth-order valence-electron chi connectivity index (χ4n) is 2.75. The van der Waals surface area contributed by atoms with Crippen molar-refractivity contribution in [3.05, 3.63) is 34.5 Å². The lowest BCUT2D eigenvalue weighted by atomic mass is 10.1. The van der Waals surface area contributed by atoms with Crippen LogP contribution in [0, 0.1) is 6.92 Å². The molecule has 0 aliphatic carbocycles. The van der Waals surface area contributed by atoms with Gasteiger partial charge in [0.05, 0.1) is 6.42 Å². The number of benzene rings is 1. The molecule has 0 bridgehead atoms. The molecule has 0 radical (unpaired) electrons. The third-order valence-corrected chi connectivity index (χ3v) is 3.98. The van der Waals surface area contributed by atoms with Crippen LogP contribution >= 0.6 is 11.6 Å². The Bertz CT molecular complexity index is 627. The van der Waals surface area contributed by atoms with Gasteiger partial charge in [0, 0.05) is 34.7 Å². The summed E-state index contributed by atoms with van der Waals surface area (Å²) in [5.74, 6) is 0.197. The second-order valence-corrected chi connectivity index (χ2v) is 5.91. The van der Waals surface area contributed by atoms with Gasteiger partial charge in [0.25, 0.3) is 0 Å². The highest BCUT2D eigenvalue weighted by molar-refractivity contribution is 6.31. The lowest BCUT2D eigenvalue weighted by Gasteiger charge is -2.21. The van der Waals surface area contributed by atoms with E-state index in [0.29, 0.717) is 11.4 Å². The smallest absolute Gasteiger partial charge is 0.227 e. The topological polar surface area (TPSA) is 36.1 Å². The number of fused-ring (bicyclic) bond motifs is 1. The minimum absolute atomic E-state index is 0.197. The number of aromatic amines is 1. The van der Waals surface area contributed by atoms with Crippen molar-refractivity contribution in [3.63, 3.8) is 0 Å². The van der Waals surface area contributed by atoms with Crippen molar-refractivity contribution in [1.82, 2.24) is 9.88 Å². The normalized spacial score (nSPS) is 11.0. The first kappa shape index (κ1) is 15.9. The van der Waals surface area contributed by atoms with Crippen molar-refractivity contribution >= 4 is 28.4 Å². The number of nitrogens with zero attached hydrogens (tertiary/aromatic N) is 1. The van der Waals surface area contributed by atoms with E-state index in [1.165, 1.54) is 0 Å². The Hall–Kier alpha value is -1.48. The lowest BCUT2D eigenvalue weighted by molar-refractivity contribution is -0.130. The van der Waals surface area contributed by atoms with Gasteiger partial charge in [-0.05, 0) is 43.5 Å². The summed E-state index contributed by atoms with van der Waals surface area (Å²) < 4.78 is 0. The van der Waals surface area contributed by atoms with Crippen LogP contribution in [0.1, 0.15) is 37.9 Å². The fourth-order valence-corrected chi connectivity index (χ4v) is 2.92. The number of carbonyl (C=O) groups is 1. The van der Waals surface area contributed by atoms with Gasteiger partial charge in [-0.2, -0.15) is 0 Å². The monoisotopic (exact) mass is 306 g/mol. The minimum Gasteiger partial charge on any atom is -0.358 e.